The lowest BCUT2D eigenvalue weighted by molar-refractivity contribution is 0.601. The molecule has 0 amide bonds. The van der Waals surface area contributed by atoms with Crippen LogP contribution in [-0.2, 0) is 16.4 Å². The lowest BCUT2D eigenvalue weighted by Crippen LogP contribution is -2.13. The molecule has 0 spiro atoms. The van der Waals surface area contributed by atoms with Crippen molar-refractivity contribution in [3.05, 3.63) is 83.5 Å². The second kappa shape index (κ2) is 8.21. The minimum atomic E-state index is -3.60. The van der Waals surface area contributed by atoms with Gasteiger partial charge in [-0.05, 0) is 48.4 Å². The number of pyridine rings is 1. The highest BCUT2D eigenvalue weighted by Gasteiger charge is 2.13. The first-order valence-electron chi connectivity index (χ1n) is 8.05. The maximum atomic E-state index is 12.3. The van der Waals surface area contributed by atoms with Crippen molar-refractivity contribution in [3.8, 4) is 0 Å². The monoisotopic (exact) mass is 387 g/mol. The van der Waals surface area contributed by atoms with Gasteiger partial charge in [0.1, 0.15) is 5.82 Å². The summed E-state index contributed by atoms with van der Waals surface area (Å²) in [5.41, 5.74) is 1.59. The van der Waals surface area contributed by atoms with Crippen LogP contribution in [0.25, 0.3) is 0 Å². The summed E-state index contributed by atoms with van der Waals surface area (Å²) in [6, 6.07) is 19.3. The molecule has 0 aliphatic carbocycles. The van der Waals surface area contributed by atoms with E-state index < -0.39 is 10.0 Å². The zero-order valence-electron chi connectivity index (χ0n) is 13.9. The summed E-state index contributed by atoms with van der Waals surface area (Å²) in [5.74, 6) is 0.682. The van der Waals surface area contributed by atoms with E-state index in [1.54, 1.807) is 42.5 Å². The first-order valence-corrected chi connectivity index (χ1v) is 9.91. The highest BCUT2D eigenvalue weighted by molar-refractivity contribution is 7.92. The lowest BCUT2D eigenvalue weighted by Gasteiger charge is -2.09. The van der Waals surface area contributed by atoms with Gasteiger partial charge in [-0.3, -0.25) is 4.72 Å². The normalized spacial score (nSPS) is 11.1. The molecule has 0 unspecified atom stereocenters. The Morgan fingerprint density at radius 3 is 2.31 bits per heavy atom. The first-order chi connectivity index (χ1) is 12.5. The fourth-order valence-electron chi connectivity index (χ4n) is 2.36. The molecule has 2 aromatic carbocycles. The number of anilines is 2. The molecule has 0 saturated heterocycles. The van der Waals surface area contributed by atoms with Crippen LogP contribution < -0.4 is 10.0 Å². The highest BCUT2D eigenvalue weighted by atomic mass is 35.5. The van der Waals surface area contributed by atoms with Crippen molar-refractivity contribution >= 4 is 33.1 Å². The highest BCUT2D eigenvalue weighted by Crippen LogP contribution is 2.16. The summed E-state index contributed by atoms with van der Waals surface area (Å²) in [6.45, 7) is 0.712. The van der Waals surface area contributed by atoms with Crippen molar-refractivity contribution in [1.29, 1.82) is 0 Å². The van der Waals surface area contributed by atoms with Gasteiger partial charge in [-0.15, -0.1) is 0 Å². The van der Waals surface area contributed by atoms with Gasteiger partial charge < -0.3 is 5.32 Å². The van der Waals surface area contributed by atoms with Crippen molar-refractivity contribution in [2.24, 2.45) is 0 Å². The third kappa shape index (κ3) is 4.97. The Morgan fingerprint density at radius 1 is 0.923 bits per heavy atom. The molecule has 1 heterocycles. The van der Waals surface area contributed by atoms with E-state index in [1.807, 2.05) is 24.3 Å². The Hall–Kier alpha value is -2.57. The molecule has 134 valence electrons. The second-order valence-electron chi connectivity index (χ2n) is 5.65. The SMILES string of the molecule is O=S(=O)(Nc1ccc(NCCc2ccc(Cl)cc2)nc1)c1ccccc1. The Kier molecular flexibility index (Phi) is 5.75. The van der Waals surface area contributed by atoms with Crippen molar-refractivity contribution in [3.63, 3.8) is 0 Å². The molecule has 3 aromatic rings. The van der Waals surface area contributed by atoms with Crippen LogP contribution in [0.2, 0.25) is 5.02 Å². The first kappa shape index (κ1) is 18.2. The number of hydrogen-bond acceptors (Lipinski definition) is 4. The summed E-state index contributed by atoms with van der Waals surface area (Å²) in [5, 5.41) is 3.93. The van der Waals surface area contributed by atoms with Crippen molar-refractivity contribution in [2.45, 2.75) is 11.3 Å². The molecule has 26 heavy (non-hydrogen) atoms. The van der Waals surface area contributed by atoms with Gasteiger partial charge in [-0.2, -0.15) is 0 Å². The molecule has 0 radical (unpaired) electrons. The Bertz CT molecular complexity index is 944. The van der Waals surface area contributed by atoms with Crippen molar-refractivity contribution in [2.75, 3.05) is 16.6 Å². The molecule has 0 fully saturated rings. The summed E-state index contributed by atoms with van der Waals surface area (Å²) in [4.78, 5) is 4.46. The zero-order valence-corrected chi connectivity index (χ0v) is 15.5. The van der Waals surface area contributed by atoms with E-state index >= 15 is 0 Å². The summed E-state index contributed by atoms with van der Waals surface area (Å²) in [6.07, 6.45) is 2.33. The van der Waals surface area contributed by atoms with Gasteiger partial charge in [0.2, 0.25) is 0 Å². The zero-order chi connectivity index (χ0) is 18.4. The van der Waals surface area contributed by atoms with Gasteiger partial charge in [0.05, 0.1) is 16.8 Å². The summed E-state index contributed by atoms with van der Waals surface area (Å²) >= 11 is 5.87. The van der Waals surface area contributed by atoms with E-state index in [4.69, 9.17) is 11.6 Å². The van der Waals surface area contributed by atoms with E-state index in [2.05, 4.69) is 15.0 Å². The van der Waals surface area contributed by atoms with E-state index in [9.17, 15) is 8.42 Å². The fraction of sp³-hybridized carbons (Fsp3) is 0.105. The molecular weight excluding hydrogens is 370 g/mol. The predicted octanol–water partition coefficient (Wildman–Crippen LogP) is 4.19. The number of nitrogens with zero attached hydrogens (tertiary/aromatic N) is 1. The van der Waals surface area contributed by atoms with E-state index in [1.165, 1.54) is 11.8 Å². The molecule has 7 heteroatoms. The van der Waals surface area contributed by atoms with Gasteiger partial charge in [0.25, 0.3) is 10.0 Å². The van der Waals surface area contributed by atoms with Crippen LogP contribution in [0.4, 0.5) is 11.5 Å². The topological polar surface area (TPSA) is 71.1 Å². The number of sulfonamides is 1. The summed E-state index contributed by atoms with van der Waals surface area (Å²) < 4.78 is 27.1. The van der Waals surface area contributed by atoms with Crippen LogP contribution in [0.5, 0.6) is 0 Å². The number of nitrogens with one attached hydrogen (secondary N) is 2. The number of hydrogen-bond donors (Lipinski definition) is 2. The molecule has 0 bridgehead atoms. The molecule has 2 N–H and O–H groups in total. The number of rotatable bonds is 7. The second-order valence-corrected chi connectivity index (χ2v) is 7.77. The standard InChI is InChI=1S/C19H18ClN3O2S/c20-16-8-6-15(7-9-16)12-13-21-19-11-10-17(14-22-19)23-26(24,25)18-4-2-1-3-5-18/h1-11,14,23H,12-13H2,(H,21,22). The number of halogens is 1. The molecule has 0 atom stereocenters. The number of aromatic nitrogens is 1. The fourth-order valence-corrected chi connectivity index (χ4v) is 3.55. The molecule has 0 saturated carbocycles. The van der Waals surface area contributed by atoms with E-state index in [-0.39, 0.29) is 4.90 Å². The maximum Gasteiger partial charge on any atom is 0.261 e. The molecule has 3 rings (SSSR count). The van der Waals surface area contributed by atoms with E-state index in [0.29, 0.717) is 18.1 Å². The van der Waals surface area contributed by atoms with Crippen LogP contribution in [0.1, 0.15) is 5.56 Å². The minimum Gasteiger partial charge on any atom is -0.370 e. The smallest absolute Gasteiger partial charge is 0.261 e. The predicted molar refractivity (Wildman–Crippen MR) is 105 cm³/mol. The van der Waals surface area contributed by atoms with Crippen LogP contribution in [-0.4, -0.2) is 19.9 Å². The third-order valence-electron chi connectivity index (χ3n) is 3.70. The van der Waals surface area contributed by atoms with Gasteiger partial charge in [-0.25, -0.2) is 13.4 Å². The van der Waals surface area contributed by atoms with Crippen molar-refractivity contribution < 1.29 is 8.42 Å². The molecule has 0 aliphatic heterocycles. The van der Waals surface area contributed by atoms with Gasteiger partial charge in [0.15, 0.2) is 0 Å². The van der Waals surface area contributed by atoms with Crippen LogP contribution in [0, 0.1) is 0 Å². The third-order valence-corrected chi connectivity index (χ3v) is 5.35. The van der Waals surface area contributed by atoms with Crippen LogP contribution in [0.15, 0.2) is 77.8 Å². The maximum absolute atomic E-state index is 12.3. The summed E-state index contributed by atoms with van der Waals surface area (Å²) in [7, 11) is -3.60. The average Bonchev–Trinajstić information content (AvgIpc) is 2.65. The average molecular weight is 388 g/mol. The van der Waals surface area contributed by atoms with Crippen LogP contribution >= 0.6 is 11.6 Å². The Morgan fingerprint density at radius 2 is 1.65 bits per heavy atom. The van der Waals surface area contributed by atoms with Crippen molar-refractivity contribution in [1.82, 2.24) is 4.98 Å². The minimum absolute atomic E-state index is 0.213. The largest absolute Gasteiger partial charge is 0.370 e. The molecule has 0 aliphatic rings. The van der Waals surface area contributed by atoms with E-state index in [0.717, 1.165) is 11.4 Å². The quantitative estimate of drug-likeness (QED) is 0.637. The van der Waals surface area contributed by atoms with Gasteiger partial charge in [-0.1, -0.05) is 41.9 Å². The molecular formula is C19H18ClN3O2S. The Balaban J connectivity index is 1.56. The molecule has 1 aromatic heterocycles. The van der Waals surface area contributed by atoms with Gasteiger partial charge >= 0.3 is 0 Å². The number of benzene rings is 2. The lowest BCUT2D eigenvalue weighted by atomic mass is 10.1. The van der Waals surface area contributed by atoms with Gasteiger partial charge in [0, 0.05) is 11.6 Å². The van der Waals surface area contributed by atoms with Crippen LogP contribution in [0.3, 0.4) is 0 Å². The Labute approximate surface area is 158 Å². The molecule has 5 nitrogen and oxygen atoms in total.